The highest BCUT2D eigenvalue weighted by Gasteiger charge is 2.12. The van der Waals surface area contributed by atoms with Crippen molar-refractivity contribution in [3.8, 4) is 0 Å². The van der Waals surface area contributed by atoms with Crippen LogP contribution >= 0.6 is 11.3 Å². The Kier molecular flexibility index (Phi) is 2.83. The van der Waals surface area contributed by atoms with Crippen LogP contribution in [0.25, 0.3) is 0 Å². The van der Waals surface area contributed by atoms with Crippen LogP contribution in [0.3, 0.4) is 0 Å². The largest absolute Gasteiger partial charge is 0.271 e. The van der Waals surface area contributed by atoms with Crippen molar-refractivity contribution in [2.75, 3.05) is 0 Å². The number of nitrogens with zero attached hydrogens (tertiary/aromatic N) is 2. The quantitative estimate of drug-likeness (QED) is 0.583. The maximum atomic E-state index is 5.50. The number of hydrogen-bond acceptors (Lipinski definition) is 5. The monoisotopic (exact) mass is 206 g/mol. The molecule has 5 heteroatoms. The molecule has 0 amide bonds. The van der Waals surface area contributed by atoms with Gasteiger partial charge in [-0.3, -0.25) is 5.84 Å². The summed E-state index contributed by atoms with van der Waals surface area (Å²) in [5.74, 6) is 5.50. The molecule has 2 aromatic heterocycles. The van der Waals surface area contributed by atoms with Crippen LogP contribution in [0.15, 0.2) is 35.3 Å². The molecule has 0 fully saturated rings. The summed E-state index contributed by atoms with van der Waals surface area (Å²) in [6, 6.07) is 3.93. The molecule has 3 N–H and O–H groups in total. The third kappa shape index (κ3) is 1.79. The Hall–Kier alpha value is -1.30. The fourth-order valence-corrected chi connectivity index (χ4v) is 1.98. The summed E-state index contributed by atoms with van der Waals surface area (Å²) < 4.78 is 0. The first-order valence-electron chi connectivity index (χ1n) is 4.16. The van der Waals surface area contributed by atoms with Gasteiger partial charge in [0.25, 0.3) is 0 Å². The second-order valence-electron chi connectivity index (χ2n) is 2.83. The molecule has 14 heavy (non-hydrogen) atoms. The van der Waals surface area contributed by atoms with Crippen molar-refractivity contribution in [1.29, 1.82) is 0 Å². The molecule has 0 aliphatic rings. The Balaban J connectivity index is 2.31. The lowest BCUT2D eigenvalue weighted by Gasteiger charge is -2.13. The summed E-state index contributed by atoms with van der Waals surface area (Å²) in [6.45, 7) is 0. The first-order chi connectivity index (χ1) is 6.92. The Morgan fingerprint density at radius 2 is 2.21 bits per heavy atom. The van der Waals surface area contributed by atoms with Gasteiger partial charge in [0.2, 0.25) is 0 Å². The lowest BCUT2D eigenvalue weighted by molar-refractivity contribution is 0.634. The van der Waals surface area contributed by atoms with Gasteiger partial charge in [-0.2, -0.15) is 21.5 Å². The maximum absolute atomic E-state index is 5.50. The maximum Gasteiger partial charge on any atom is 0.0734 e. The van der Waals surface area contributed by atoms with E-state index in [2.05, 4.69) is 21.0 Å². The predicted octanol–water partition coefficient (Wildman–Crippen LogP) is 1.09. The van der Waals surface area contributed by atoms with Crippen LogP contribution in [0, 0.1) is 0 Å². The summed E-state index contributed by atoms with van der Waals surface area (Å²) in [7, 11) is 0. The van der Waals surface area contributed by atoms with E-state index < -0.39 is 0 Å². The average Bonchev–Trinajstić information content (AvgIpc) is 2.74. The molecule has 2 heterocycles. The standard InChI is InChI=1S/C9H10N4S/c10-13-9(8-2-4-14-6-8)7-1-3-11-12-5-7/h1-6,9,13H,10H2. The third-order valence-electron chi connectivity index (χ3n) is 1.98. The average molecular weight is 206 g/mol. The van der Waals surface area contributed by atoms with Crippen molar-refractivity contribution < 1.29 is 0 Å². The van der Waals surface area contributed by atoms with Crippen LogP contribution < -0.4 is 11.3 Å². The van der Waals surface area contributed by atoms with Gasteiger partial charge in [-0.05, 0) is 34.0 Å². The van der Waals surface area contributed by atoms with E-state index in [1.807, 2.05) is 17.5 Å². The van der Waals surface area contributed by atoms with E-state index in [-0.39, 0.29) is 6.04 Å². The molecule has 0 saturated heterocycles. The number of hydrogen-bond donors (Lipinski definition) is 2. The van der Waals surface area contributed by atoms with E-state index in [9.17, 15) is 0 Å². The van der Waals surface area contributed by atoms with Crippen molar-refractivity contribution in [3.63, 3.8) is 0 Å². The Bertz CT molecular complexity index is 373. The number of hydrazine groups is 1. The molecule has 0 aromatic carbocycles. The van der Waals surface area contributed by atoms with Crippen molar-refractivity contribution in [3.05, 3.63) is 46.4 Å². The summed E-state index contributed by atoms with van der Waals surface area (Å²) in [4.78, 5) is 0. The van der Waals surface area contributed by atoms with Gasteiger partial charge in [-0.15, -0.1) is 0 Å². The number of rotatable bonds is 3. The van der Waals surface area contributed by atoms with Gasteiger partial charge in [-0.1, -0.05) is 0 Å². The smallest absolute Gasteiger partial charge is 0.0734 e. The van der Waals surface area contributed by atoms with E-state index in [1.165, 1.54) is 0 Å². The van der Waals surface area contributed by atoms with Gasteiger partial charge >= 0.3 is 0 Å². The SMILES string of the molecule is NNC(c1ccnnc1)c1ccsc1. The van der Waals surface area contributed by atoms with Crippen LogP contribution in [-0.2, 0) is 0 Å². The topological polar surface area (TPSA) is 63.8 Å². The molecule has 0 aliphatic carbocycles. The van der Waals surface area contributed by atoms with Gasteiger partial charge in [-0.25, -0.2) is 5.43 Å². The molecule has 0 radical (unpaired) electrons. The third-order valence-corrected chi connectivity index (χ3v) is 2.69. The number of aromatic nitrogens is 2. The minimum Gasteiger partial charge on any atom is -0.271 e. The van der Waals surface area contributed by atoms with Crippen molar-refractivity contribution in [1.82, 2.24) is 15.6 Å². The molecule has 0 spiro atoms. The van der Waals surface area contributed by atoms with Crippen LogP contribution in [0.1, 0.15) is 17.2 Å². The molecule has 2 rings (SSSR count). The minimum atomic E-state index is -0.00301. The molecular weight excluding hydrogens is 196 g/mol. The number of nitrogens with one attached hydrogen (secondary N) is 1. The molecule has 72 valence electrons. The zero-order chi connectivity index (χ0) is 9.80. The van der Waals surface area contributed by atoms with E-state index in [1.54, 1.807) is 23.7 Å². The number of nitrogens with two attached hydrogens (primary N) is 1. The second-order valence-corrected chi connectivity index (χ2v) is 3.61. The molecule has 0 aliphatic heterocycles. The minimum absolute atomic E-state index is 0.00301. The fraction of sp³-hybridized carbons (Fsp3) is 0.111. The number of thiophene rings is 1. The Morgan fingerprint density at radius 3 is 2.79 bits per heavy atom. The van der Waals surface area contributed by atoms with E-state index in [0.717, 1.165) is 11.1 Å². The van der Waals surface area contributed by atoms with Crippen molar-refractivity contribution >= 4 is 11.3 Å². The van der Waals surface area contributed by atoms with Crippen LogP contribution in [0.2, 0.25) is 0 Å². The first kappa shape index (κ1) is 9.26. The van der Waals surface area contributed by atoms with Crippen LogP contribution in [0.5, 0.6) is 0 Å². The lowest BCUT2D eigenvalue weighted by Crippen LogP contribution is -2.28. The van der Waals surface area contributed by atoms with E-state index >= 15 is 0 Å². The second kappa shape index (κ2) is 4.28. The van der Waals surface area contributed by atoms with Gasteiger partial charge < -0.3 is 0 Å². The molecule has 0 bridgehead atoms. The first-order valence-corrected chi connectivity index (χ1v) is 5.11. The van der Waals surface area contributed by atoms with Crippen molar-refractivity contribution in [2.45, 2.75) is 6.04 Å². The Morgan fingerprint density at radius 1 is 1.29 bits per heavy atom. The molecule has 0 saturated carbocycles. The van der Waals surface area contributed by atoms with Crippen LogP contribution in [0.4, 0.5) is 0 Å². The Labute approximate surface area is 85.8 Å². The van der Waals surface area contributed by atoms with E-state index in [4.69, 9.17) is 5.84 Å². The molecule has 1 unspecified atom stereocenters. The highest BCUT2D eigenvalue weighted by molar-refractivity contribution is 7.08. The van der Waals surface area contributed by atoms with Gasteiger partial charge in [0, 0.05) is 6.20 Å². The lowest BCUT2D eigenvalue weighted by atomic mass is 10.1. The molecule has 4 nitrogen and oxygen atoms in total. The zero-order valence-corrected chi connectivity index (χ0v) is 8.24. The predicted molar refractivity (Wildman–Crippen MR) is 55.5 cm³/mol. The fourth-order valence-electron chi connectivity index (χ4n) is 1.30. The molecule has 1 atom stereocenters. The normalized spacial score (nSPS) is 12.6. The zero-order valence-electron chi connectivity index (χ0n) is 7.42. The highest BCUT2D eigenvalue weighted by Crippen LogP contribution is 2.21. The highest BCUT2D eigenvalue weighted by atomic mass is 32.1. The summed E-state index contributed by atoms with van der Waals surface area (Å²) in [6.07, 6.45) is 3.37. The molecule has 2 aromatic rings. The van der Waals surface area contributed by atoms with Crippen LogP contribution in [-0.4, -0.2) is 10.2 Å². The summed E-state index contributed by atoms with van der Waals surface area (Å²) in [5.41, 5.74) is 4.92. The van der Waals surface area contributed by atoms with Gasteiger partial charge in [0.05, 0.1) is 12.2 Å². The summed E-state index contributed by atoms with van der Waals surface area (Å²) >= 11 is 1.65. The van der Waals surface area contributed by atoms with Gasteiger partial charge in [0.1, 0.15) is 0 Å². The summed E-state index contributed by atoms with van der Waals surface area (Å²) in [5, 5.41) is 11.6. The van der Waals surface area contributed by atoms with Crippen molar-refractivity contribution in [2.24, 2.45) is 5.84 Å². The van der Waals surface area contributed by atoms with Gasteiger partial charge in [0.15, 0.2) is 0 Å². The van der Waals surface area contributed by atoms with E-state index in [0.29, 0.717) is 0 Å². The molecular formula is C9H10N4S.